The van der Waals surface area contributed by atoms with Gasteiger partial charge < -0.3 is 5.73 Å². The highest BCUT2D eigenvalue weighted by molar-refractivity contribution is 5.37. The molecular weight excluding hydrogens is 338 g/mol. The van der Waals surface area contributed by atoms with Crippen molar-refractivity contribution >= 4 is 0 Å². The number of benzene rings is 2. The lowest BCUT2D eigenvalue weighted by atomic mass is 9.66. The van der Waals surface area contributed by atoms with E-state index in [4.69, 9.17) is 5.73 Å². The van der Waals surface area contributed by atoms with Gasteiger partial charge in [0.1, 0.15) is 0 Å². The summed E-state index contributed by atoms with van der Waals surface area (Å²) >= 11 is 0. The largest absolute Gasteiger partial charge is 0.325 e. The molecule has 28 heavy (non-hydrogen) atoms. The van der Waals surface area contributed by atoms with Gasteiger partial charge in [0.25, 0.3) is 0 Å². The number of nitrogens with two attached hydrogens (primary N) is 1. The van der Waals surface area contributed by atoms with E-state index in [1.54, 1.807) is 0 Å². The Kier molecular flexibility index (Phi) is 6.25. The fourth-order valence-corrected chi connectivity index (χ4v) is 4.72. The van der Waals surface area contributed by atoms with E-state index in [0.717, 1.165) is 19.3 Å². The molecule has 2 unspecified atom stereocenters. The molecule has 3 rings (SSSR count). The molecule has 2 atom stereocenters. The minimum absolute atomic E-state index is 0.0706. The van der Waals surface area contributed by atoms with Crippen LogP contribution in [-0.4, -0.2) is 5.54 Å². The molecule has 148 valence electrons. The molecule has 0 aliphatic heterocycles. The summed E-state index contributed by atoms with van der Waals surface area (Å²) < 4.78 is 0. The van der Waals surface area contributed by atoms with Crippen molar-refractivity contribution in [1.29, 1.82) is 0 Å². The summed E-state index contributed by atoms with van der Waals surface area (Å²) in [6.07, 6.45) is 10.2. The first kappa shape index (κ1) is 20.6. The second-order valence-electron chi connectivity index (χ2n) is 9.40. The molecule has 0 saturated heterocycles. The minimum Gasteiger partial charge on any atom is -0.325 e. The van der Waals surface area contributed by atoms with Gasteiger partial charge in [0.2, 0.25) is 0 Å². The summed E-state index contributed by atoms with van der Waals surface area (Å²) in [6, 6.07) is 21.8. The third-order valence-corrected chi connectivity index (χ3v) is 6.08. The molecule has 1 heteroatoms. The number of hydrogen-bond acceptors (Lipinski definition) is 1. The Hall–Kier alpha value is -2.12. The Balaban J connectivity index is 1.90. The van der Waals surface area contributed by atoms with Crippen LogP contribution in [0.4, 0.5) is 0 Å². The molecule has 1 aliphatic carbocycles. The van der Waals surface area contributed by atoms with Gasteiger partial charge >= 0.3 is 0 Å². The van der Waals surface area contributed by atoms with Crippen molar-refractivity contribution in [2.45, 2.75) is 64.3 Å². The highest BCUT2D eigenvalue weighted by Gasteiger charge is 2.38. The van der Waals surface area contributed by atoms with Crippen LogP contribution in [0.2, 0.25) is 0 Å². The highest BCUT2D eigenvalue weighted by Crippen LogP contribution is 2.50. The summed E-state index contributed by atoms with van der Waals surface area (Å²) in [4.78, 5) is 0. The van der Waals surface area contributed by atoms with E-state index in [9.17, 15) is 0 Å². The second-order valence-corrected chi connectivity index (χ2v) is 9.40. The first-order chi connectivity index (χ1) is 13.3. The Morgan fingerprint density at radius 1 is 0.821 bits per heavy atom. The first-order valence-corrected chi connectivity index (χ1v) is 10.6. The van der Waals surface area contributed by atoms with Crippen LogP contribution in [0.5, 0.6) is 0 Å². The average Bonchev–Trinajstić information content (AvgIpc) is 3.03. The lowest BCUT2D eigenvalue weighted by Crippen LogP contribution is -2.36. The Labute approximate surface area is 171 Å². The molecule has 0 radical (unpaired) electrons. The van der Waals surface area contributed by atoms with Crippen LogP contribution < -0.4 is 5.73 Å². The number of hydrogen-bond donors (Lipinski definition) is 1. The van der Waals surface area contributed by atoms with Crippen molar-refractivity contribution in [3.8, 4) is 0 Å². The van der Waals surface area contributed by atoms with Crippen LogP contribution in [0.1, 0.15) is 69.9 Å². The summed E-state index contributed by atoms with van der Waals surface area (Å²) in [5, 5.41) is 0. The van der Waals surface area contributed by atoms with E-state index in [0.29, 0.717) is 11.8 Å². The van der Waals surface area contributed by atoms with E-state index in [1.165, 1.54) is 16.7 Å². The normalized spacial score (nSPS) is 21.4. The van der Waals surface area contributed by atoms with Gasteiger partial charge in [-0.3, -0.25) is 0 Å². The third kappa shape index (κ3) is 5.02. The molecule has 2 aromatic rings. The number of allylic oxidation sites excluding steroid dienone is 3. The molecule has 0 heterocycles. The van der Waals surface area contributed by atoms with E-state index in [-0.39, 0.29) is 11.0 Å². The van der Waals surface area contributed by atoms with Gasteiger partial charge in [-0.05, 0) is 56.1 Å². The molecule has 2 aromatic carbocycles. The van der Waals surface area contributed by atoms with Crippen molar-refractivity contribution in [2.75, 3.05) is 0 Å². The average molecular weight is 374 g/mol. The van der Waals surface area contributed by atoms with Crippen LogP contribution >= 0.6 is 0 Å². The summed E-state index contributed by atoms with van der Waals surface area (Å²) in [7, 11) is 0. The summed E-state index contributed by atoms with van der Waals surface area (Å²) in [5.41, 5.74) is 10.6. The van der Waals surface area contributed by atoms with Gasteiger partial charge in [-0.25, -0.2) is 0 Å². The minimum atomic E-state index is -0.199. The zero-order chi connectivity index (χ0) is 20.2. The van der Waals surface area contributed by atoms with E-state index < -0.39 is 0 Å². The quantitative estimate of drug-likeness (QED) is 0.530. The fraction of sp³-hybridized carbons (Fsp3) is 0.407. The summed E-state index contributed by atoms with van der Waals surface area (Å²) in [5.74, 6) is 0.993. The van der Waals surface area contributed by atoms with E-state index in [2.05, 4.69) is 107 Å². The van der Waals surface area contributed by atoms with Crippen LogP contribution in [0.15, 0.2) is 84.5 Å². The van der Waals surface area contributed by atoms with Gasteiger partial charge in [0.05, 0.1) is 0 Å². The van der Waals surface area contributed by atoms with Crippen LogP contribution in [0.3, 0.4) is 0 Å². The molecule has 1 aliphatic rings. The topological polar surface area (TPSA) is 26.0 Å². The fourth-order valence-electron chi connectivity index (χ4n) is 4.72. The van der Waals surface area contributed by atoms with Crippen molar-refractivity contribution in [3.63, 3.8) is 0 Å². The van der Waals surface area contributed by atoms with Gasteiger partial charge in [0.15, 0.2) is 0 Å². The van der Waals surface area contributed by atoms with Gasteiger partial charge in [-0.1, -0.05) is 98.3 Å². The zero-order valence-electron chi connectivity index (χ0n) is 17.9. The third-order valence-electron chi connectivity index (χ3n) is 6.08. The molecular formula is C27H35N. The number of rotatable bonds is 8. The predicted octanol–water partition coefficient (Wildman–Crippen LogP) is 6.98. The smallest absolute Gasteiger partial charge is 0.0135 e. The molecule has 0 saturated carbocycles. The standard InChI is InChI=1S/C27H35N/c1-21(23-12-7-5-8-13-23)18-27(17-11-16-25(27)20-26(3,4)28)19-22(2)24-14-9-6-10-15-24/h5-17,21-22H,18-20,28H2,1-4H3. The highest BCUT2D eigenvalue weighted by atomic mass is 14.7. The van der Waals surface area contributed by atoms with Gasteiger partial charge in [-0.2, -0.15) is 0 Å². The lowest BCUT2D eigenvalue weighted by Gasteiger charge is -2.38. The lowest BCUT2D eigenvalue weighted by molar-refractivity contribution is 0.318. The maximum Gasteiger partial charge on any atom is 0.0135 e. The van der Waals surface area contributed by atoms with Crippen molar-refractivity contribution in [2.24, 2.45) is 11.1 Å². The molecule has 0 aromatic heterocycles. The van der Waals surface area contributed by atoms with Crippen LogP contribution in [0, 0.1) is 5.41 Å². The predicted molar refractivity (Wildman–Crippen MR) is 121 cm³/mol. The second kappa shape index (κ2) is 8.49. The van der Waals surface area contributed by atoms with E-state index >= 15 is 0 Å². The Morgan fingerprint density at radius 2 is 1.29 bits per heavy atom. The zero-order valence-corrected chi connectivity index (χ0v) is 17.9. The van der Waals surface area contributed by atoms with Crippen LogP contribution in [-0.2, 0) is 0 Å². The van der Waals surface area contributed by atoms with Gasteiger partial charge in [-0.15, -0.1) is 0 Å². The molecule has 2 N–H and O–H groups in total. The monoisotopic (exact) mass is 373 g/mol. The molecule has 0 amide bonds. The molecule has 0 spiro atoms. The maximum atomic E-state index is 6.45. The SMILES string of the molecule is CC(CC1(CC(C)c2ccccc2)C=CC=C1CC(C)(C)N)c1ccccc1. The maximum absolute atomic E-state index is 6.45. The van der Waals surface area contributed by atoms with Crippen molar-refractivity contribution in [3.05, 3.63) is 95.6 Å². The van der Waals surface area contributed by atoms with Gasteiger partial charge in [0, 0.05) is 11.0 Å². The molecule has 0 fully saturated rings. The molecule has 1 nitrogen and oxygen atoms in total. The van der Waals surface area contributed by atoms with Crippen molar-refractivity contribution < 1.29 is 0 Å². The Morgan fingerprint density at radius 3 is 1.71 bits per heavy atom. The van der Waals surface area contributed by atoms with E-state index in [1.807, 2.05) is 0 Å². The molecule has 0 bridgehead atoms. The Bertz CT molecular complexity index is 761. The first-order valence-electron chi connectivity index (χ1n) is 10.6. The van der Waals surface area contributed by atoms with Crippen molar-refractivity contribution in [1.82, 2.24) is 0 Å². The summed E-state index contributed by atoms with van der Waals surface area (Å²) in [6.45, 7) is 9.00. The van der Waals surface area contributed by atoms with Crippen LogP contribution in [0.25, 0.3) is 0 Å².